The predicted molar refractivity (Wildman–Crippen MR) is 67.0 cm³/mol. The first-order valence-electron chi connectivity index (χ1n) is 5.89. The first-order chi connectivity index (χ1) is 9.63. The van der Waals surface area contributed by atoms with E-state index in [0.717, 1.165) is 0 Å². The van der Waals surface area contributed by atoms with Crippen LogP contribution in [-0.2, 0) is 32.2 Å². The van der Waals surface area contributed by atoms with Crippen molar-refractivity contribution in [2.24, 2.45) is 0 Å². The zero-order valence-corrected chi connectivity index (χ0v) is 11.7. The van der Waals surface area contributed by atoms with Gasteiger partial charge in [0.15, 0.2) is 5.69 Å². The highest BCUT2D eigenvalue weighted by Crippen LogP contribution is 2.08. The molecule has 0 spiro atoms. The minimum Gasteiger partial charge on any atom is -0.464 e. The predicted octanol–water partition coefficient (Wildman–Crippen LogP) is -1.03. The second-order valence-corrected chi connectivity index (χ2v) is 3.81. The summed E-state index contributed by atoms with van der Waals surface area (Å²) in [7, 11) is 4.26. The molecule has 1 amide bonds. The van der Waals surface area contributed by atoms with E-state index >= 15 is 0 Å². The quantitative estimate of drug-likeness (QED) is 0.481. The molecule has 0 fully saturated rings. The van der Waals surface area contributed by atoms with E-state index in [4.69, 9.17) is 9.47 Å². The second kappa shape index (κ2) is 8.23. The molecule has 1 rings (SSSR count). The monoisotopic (exact) mass is 286 g/mol. The Balaban J connectivity index is 2.76. The topological polar surface area (TPSA) is 105 Å². The SMILES string of the molecule is COCCNC(=O)Cn1nnc(C(=O)OC)c1COC. The van der Waals surface area contributed by atoms with E-state index in [1.54, 1.807) is 7.11 Å². The molecule has 0 saturated carbocycles. The third-order valence-corrected chi connectivity index (χ3v) is 2.42. The van der Waals surface area contributed by atoms with Gasteiger partial charge in [-0.2, -0.15) is 0 Å². The van der Waals surface area contributed by atoms with Crippen LogP contribution in [0.2, 0.25) is 0 Å². The Morgan fingerprint density at radius 1 is 1.25 bits per heavy atom. The first kappa shape index (κ1) is 16.1. The Morgan fingerprint density at radius 3 is 2.60 bits per heavy atom. The lowest BCUT2D eigenvalue weighted by Gasteiger charge is -2.07. The maximum absolute atomic E-state index is 11.7. The van der Waals surface area contributed by atoms with Gasteiger partial charge < -0.3 is 19.5 Å². The van der Waals surface area contributed by atoms with Gasteiger partial charge in [-0.3, -0.25) is 4.79 Å². The van der Waals surface area contributed by atoms with Gasteiger partial charge >= 0.3 is 5.97 Å². The molecule has 0 aromatic carbocycles. The molecule has 1 heterocycles. The molecule has 9 nitrogen and oxygen atoms in total. The summed E-state index contributed by atoms with van der Waals surface area (Å²) in [5, 5.41) is 10.1. The summed E-state index contributed by atoms with van der Waals surface area (Å²) in [6.07, 6.45) is 0. The number of ether oxygens (including phenoxy) is 3. The van der Waals surface area contributed by atoms with Crippen molar-refractivity contribution in [3.05, 3.63) is 11.4 Å². The number of nitrogens with one attached hydrogen (secondary N) is 1. The Morgan fingerprint density at radius 2 is 2.00 bits per heavy atom. The van der Waals surface area contributed by atoms with Crippen LogP contribution in [-0.4, -0.2) is 61.4 Å². The molecule has 0 aliphatic heterocycles. The summed E-state index contributed by atoms with van der Waals surface area (Å²) >= 11 is 0. The number of aromatic nitrogens is 3. The van der Waals surface area contributed by atoms with Crippen LogP contribution < -0.4 is 5.32 Å². The molecule has 1 aromatic rings. The lowest BCUT2D eigenvalue weighted by atomic mass is 10.3. The molecule has 1 aromatic heterocycles. The van der Waals surface area contributed by atoms with Crippen LogP contribution in [0, 0.1) is 0 Å². The minimum absolute atomic E-state index is 0.0408. The highest BCUT2D eigenvalue weighted by molar-refractivity contribution is 5.88. The molecule has 0 bridgehead atoms. The third-order valence-electron chi connectivity index (χ3n) is 2.42. The fourth-order valence-electron chi connectivity index (χ4n) is 1.48. The summed E-state index contributed by atoms with van der Waals surface area (Å²) in [6, 6.07) is 0. The van der Waals surface area contributed by atoms with E-state index < -0.39 is 5.97 Å². The van der Waals surface area contributed by atoms with Crippen LogP contribution in [0.3, 0.4) is 0 Å². The highest BCUT2D eigenvalue weighted by Gasteiger charge is 2.21. The van der Waals surface area contributed by atoms with Crippen LogP contribution >= 0.6 is 0 Å². The third kappa shape index (κ3) is 4.28. The number of methoxy groups -OCH3 is 3. The number of rotatable bonds is 8. The van der Waals surface area contributed by atoms with Gasteiger partial charge in [-0.1, -0.05) is 5.21 Å². The molecule has 112 valence electrons. The maximum Gasteiger partial charge on any atom is 0.360 e. The number of nitrogens with zero attached hydrogens (tertiary/aromatic N) is 3. The van der Waals surface area contributed by atoms with Crippen molar-refractivity contribution in [1.29, 1.82) is 0 Å². The zero-order valence-electron chi connectivity index (χ0n) is 11.7. The van der Waals surface area contributed by atoms with Crippen molar-refractivity contribution in [2.75, 3.05) is 34.5 Å². The number of amides is 1. The molecule has 0 radical (unpaired) electrons. The summed E-state index contributed by atoms with van der Waals surface area (Å²) in [6.45, 7) is 0.851. The molecule has 0 saturated heterocycles. The molecule has 0 unspecified atom stereocenters. The normalized spacial score (nSPS) is 10.3. The second-order valence-electron chi connectivity index (χ2n) is 3.81. The number of esters is 1. The number of hydrogen-bond donors (Lipinski definition) is 1. The standard InChI is InChI=1S/C11H18N4O5/c1-18-5-4-12-9(16)6-15-8(7-19-2)10(13-14-15)11(17)20-3/h4-7H2,1-3H3,(H,12,16). The van der Waals surface area contributed by atoms with E-state index in [-0.39, 0.29) is 24.8 Å². The van der Waals surface area contributed by atoms with Crippen molar-refractivity contribution < 1.29 is 23.8 Å². The lowest BCUT2D eigenvalue weighted by molar-refractivity contribution is -0.122. The van der Waals surface area contributed by atoms with Crippen molar-refractivity contribution in [3.63, 3.8) is 0 Å². The van der Waals surface area contributed by atoms with Crippen LogP contribution in [0.5, 0.6) is 0 Å². The first-order valence-corrected chi connectivity index (χ1v) is 5.89. The summed E-state index contributed by atoms with van der Waals surface area (Å²) < 4.78 is 15.7. The van der Waals surface area contributed by atoms with E-state index in [9.17, 15) is 9.59 Å². The molecule has 9 heteroatoms. The molecule has 0 aliphatic carbocycles. The van der Waals surface area contributed by atoms with Gasteiger partial charge in [-0.05, 0) is 0 Å². The van der Waals surface area contributed by atoms with Crippen LogP contribution in [0.15, 0.2) is 0 Å². The highest BCUT2D eigenvalue weighted by atomic mass is 16.5. The summed E-state index contributed by atoms with van der Waals surface area (Å²) in [5.41, 5.74) is 0.431. The van der Waals surface area contributed by atoms with Gasteiger partial charge in [0.25, 0.3) is 0 Å². The van der Waals surface area contributed by atoms with Gasteiger partial charge in [0, 0.05) is 20.8 Å². The van der Waals surface area contributed by atoms with Gasteiger partial charge in [-0.15, -0.1) is 5.10 Å². The molecular weight excluding hydrogens is 268 g/mol. The van der Waals surface area contributed by atoms with E-state index in [0.29, 0.717) is 18.8 Å². The number of carbonyl (C=O) groups excluding carboxylic acids is 2. The van der Waals surface area contributed by atoms with Crippen molar-refractivity contribution in [3.8, 4) is 0 Å². The Kier molecular flexibility index (Phi) is 6.60. The summed E-state index contributed by atoms with van der Waals surface area (Å²) in [5.74, 6) is -0.885. The van der Waals surface area contributed by atoms with Crippen molar-refractivity contribution in [1.82, 2.24) is 20.3 Å². The van der Waals surface area contributed by atoms with Crippen LogP contribution in [0.1, 0.15) is 16.2 Å². The van der Waals surface area contributed by atoms with Crippen molar-refractivity contribution in [2.45, 2.75) is 13.2 Å². The van der Waals surface area contributed by atoms with Gasteiger partial charge in [0.1, 0.15) is 6.54 Å². The lowest BCUT2D eigenvalue weighted by Crippen LogP contribution is -2.31. The molecule has 1 N–H and O–H groups in total. The molecule has 0 atom stereocenters. The Labute approximate surface area is 116 Å². The summed E-state index contributed by atoms with van der Waals surface area (Å²) in [4.78, 5) is 23.2. The average molecular weight is 286 g/mol. The smallest absolute Gasteiger partial charge is 0.360 e. The van der Waals surface area contributed by atoms with Gasteiger partial charge in [0.05, 0.1) is 26.0 Å². The molecular formula is C11H18N4O5. The minimum atomic E-state index is -0.622. The van der Waals surface area contributed by atoms with Crippen molar-refractivity contribution >= 4 is 11.9 Å². The largest absolute Gasteiger partial charge is 0.464 e. The fourth-order valence-corrected chi connectivity index (χ4v) is 1.48. The average Bonchev–Trinajstić information content (AvgIpc) is 2.82. The Bertz CT molecular complexity index is 460. The zero-order chi connectivity index (χ0) is 15.0. The van der Waals surface area contributed by atoms with E-state index in [1.165, 1.54) is 18.9 Å². The number of hydrogen-bond acceptors (Lipinski definition) is 7. The molecule has 0 aliphatic rings. The van der Waals surface area contributed by atoms with Gasteiger partial charge in [0.2, 0.25) is 5.91 Å². The van der Waals surface area contributed by atoms with Crippen LogP contribution in [0.25, 0.3) is 0 Å². The van der Waals surface area contributed by atoms with E-state index in [2.05, 4.69) is 20.4 Å². The fraction of sp³-hybridized carbons (Fsp3) is 0.636. The van der Waals surface area contributed by atoms with Gasteiger partial charge in [-0.25, -0.2) is 9.48 Å². The maximum atomic E-state index is 11.7. The Hall–Kier alpha value is -2.00. The van der Waals surface area contributed by atoms with Crippen LogP contribution in [0.4, 0.5) is 0 Å². The number of carbonyl (C=O) groups is 2. The molecule has 20 heavy (non-hydrogen) atoms. The van der Waals surface area contributed by atoms with E-state index in [1.807, 2.05) is 0 Å².